The van der Waals surface area contributed by atoms with Crippen LogP contribution in [0.15, 0.2) is 18.3 Å². The lowest BCUT2D eigenvalue weighted by Gasteiger charge is -2.44. The summed E-state index contributed by atoms with van der Waals surface area (Å²) >= 11 is 0. The molecule has 3 unspecified atom stereocenters. The summed E-state index contributed by atoms with van der Waals surface area (Å²) in [6.45, 7) is 5.68. The fourth-order valence-electron chi connectivity index (χ4n) is 3.83. The first kappa shape index (κ1) is 13.1. The highest BCUT2D eigenvalue weighted by Crippen LogP contribution is 2.47. The van der Waals surface area contributed by atoms with E-state index in [9.17, 15) is 0 Å². The minimum absolute atomic E-state index is 0.609. The average Bonchev–Trinajstić information content (AvgIpc) is 2.38. The monoisotopic (exact) mass is 258 g/mol. The van der Waals surface area contributed by atoms with E-state index in [4.69, 9.17) is 4.98 Å². The molecule has 1 aromatic heterocycles. The van der Waals surface area contributed by atoms with E-state index >= 15 is 0 Å². The lowest BCUT2D eigenvalue weighted by molar-refractivity contribution is 0.125. The third-order valence-electron chi connectivity index (χ3n) is 5.02. The zero-order valence-electron chi connectivity index (χ0n) is 12.2. The van der Waals surface area contributed by atoms with Crippen LogP contribution in [0.5, 0.6) is 0 Å². The average molecular weight is 258 g/mol. The Labute approximate surface area is 117 Å². The van der Waals surface area contributed by atoms with Gasteiger partial charge in [-0.05, 0) is 62.1 Å². The minimum atomic E-state index is 0.609. The van der Waals surface area contributed by atoms with E-state index in [1.165, 1.54) is 49.9 Å². The first-order valence-electron chi connectivity index (χ1n) is 7.93. The molecular weight excluding hydrogens is 232 g/mol. The summed E-state index contributed by atoms with van der Waals surface area (Å²) in [5, 5.41) is 3.62. The predicted octanol–water partition coefficient (Wildman–Crippen LogP) is 3.53. The van der Waals surface area contributed by atoms with E-state index in [0.29, 0.717) is 6.04 Å². The van der Waals surface area contributed by atoms with Gasteiger partial charge >= 0.3 is 0 Å². The van der Waals surface area contributed by atoms with Crippen molar-refractivity contribution < 1.29 is 0 Å². The molecule has 1 aromatic rings. The molecule has 0 amide bonds. The molecule has 0 bridgehead atoms. The van der Waals surface area contributed by atoms with Crippen LogP contribution >= 0.6 is 0 Å². The first-order chi connectivity index (χ1) is 9.25. The number of aryl methyl sites for hydroxylation is 1. The maximum atomic E-state index is 4.71. The Kier molecular flexibility index (Phi) is 3.88. The maximum absolute atomic E-state index is 4.71. The summed E-state index contributed by atoms with van der Waals surface area (Å²) in [6.07, 6.45) is 8.74. The molecule has 1 saturated carbocycles. The van der Waals surface area contributed by atoms with Crippen molar-refractivity contribution in [3.05, 3.63) is 29.6 Å². The topological polar surface area (TPSA) is 24.9 Å². The molecule has 2 nitrogen and oxygen atoms in total. The maximum Gasteiger partial charge on any atom is 0.0469 e. The molecule has 19 heavy (non-hydrogen) atoms. The van der Waals surface area contributed by atoms with Gasteiger partial charge in [-0.3, -0.25) is 4.98 Å². The van der Waals surface area contributed by atoms with Gasteiger partial charge in [0.1, 0.15) is 0 Å². The summed E-state index contributed by atoms with van der Waals surface area (Å²) < 4.78 is 0. The summed E-state index contributed by atoms with van der Waals surface area (Å²) in [5.41, 5.74) is 2.94. The number of rotatable bonds is 4. The molecular formula is C17H26N2. The number of fused-ring (bicyclic) bond motifs is 1. The second kappa shape index (κ2) is 5.62. The Hall–Kier alpha value is -0.890. The van der Waals surface area contributed by atoms with Crippen molar-refractivity contribution in [1.82, 2.24) is 10.3 Å². The molecule has 2 aliphatic carbocycles. The second-order valence-electron chi connectivity index (χ2n) is 6.61. The third-order valence-corrected chi connectivity index (χ3v) is 5.02. The summed E-state index contributed by atoms with van der Waals surface area (Å²) in [6, 6.07) is 4.99. The van der Waals surface area contributed by atoms with Crippen molar-refractivity contribution in [3.63, 3.8) is 0 Å². The Morgan fingerprint density at radius 2 is 2.21 bits per heavy atom. The number of hydrogen-bond donors (Lipinski definition) is 1. The standard InChI is InChI=1S/C17H26N2/c1-12(2)19-11-14-8-9-15(14)16-7-3-5-13-6-4-10-18-17(13)16/h4,6,10,12,14-16,19H,3,5,7-9,11H2,1-2H3. The van der Waals surface area contributed by atoms with Gasteiger partial charge in [-0.1, -0.05) is 19.9 Å². The molecule has 0 aromatic carbocycles. The Morgan fingerprint density at radius 1 is 1.32 bits per heavy atom. The molecule has 0 radical (unpaired) electrons. The van der Waals surface area contributed by atoms with Crippen LogP contribution in [0.3, 0.4) is 0 Å². The van der Waals surface area contributed by atoms with Crippen LogP contribution in [0.2, 0.25) is 0 Å². The molecule has 0 aliphatic heterocycles. The highest BCUT2D eigenvalue weighted by atomic mass is 14.9. The van der Waals surface area contributed by atoms with E-state index in [2.05, 4.69) is 31.3 Å². The number of nitrogens with one attached hydrogen (secondary N) is 1. The van der Waals surface area contributed by atoms with Gasteiger partial charge < -0.3 is 5.32 Å². The van der Waals surface area contributed by atoms with Gasteiger partial charge in [0.2, 0.25) is 0 Å². The Balaban J connectivity index is 1.70. The second-order valence-corrected chi connectivity index (χ2v) is 6.61. The number of hydrogen-bond acceptors (Lipinski definition) is 2. The van der Waals surface area contributed by atoms with Crippen molar-refractivity contribution in [3.8, 4) is 0 Å². The lowest BCUT2D eigenvalue weighted by atomic mass is 9.63. The van der Waals surface area contributed by atoms with E-state index in [1.54, 1.807) is 0 Å². The summed E-state index contributed by atoms with van der Waals surface area (Å²) in [5.74, 6) is 2.48. The van der Waals surface area contributed by atoms with E-state index in [-0.39, 0.29) is 0 Å². The van der Waals surface area contributed by atoms with Crippen LogP contribution in [0.25, 0.3) is 0 Å². The highest BCUT2D eigenvalue weighted by Gasteiger charge is 2.39. The van der Waals surface area contributed by atoms with Crippen LogP contribution in [0.1, 0.15) is 56.7 Å². The molecule has 2 aliphatic rings. The Morgan fingerprint density at radius 3 is 2.95 bits per heavy atom. The largest absolute Gasteiger partial charge is 0.314 e. The van der Waals surface area contributed by atoms with Gasteiger partial charge in [-0.15, -0.1) is 0 Å². The van der Waals surface area contributed by atoms with Crippen LogP contribution in [-0.4, -0.2) is 17.6 Å². The molecule has 104 valence electrons. The fraction of sp³-hybridized carbons (Fsp3) is 0.706. The minimum Gasteiger partial charge on any atom is -0.314 e. The van der Waals surface area contributed by atoms with Crippen LogP contribution in [0, 0.1) is 11.8 Å². The molecule has 3 rings (SSSR count). The van der Waals surface area contributed by atoms with Crippen LogP contribution in [0.4, 0.5) is 0 Å². The van der Waals surface area contributed by atoms with Gasteiger partial charge in [0, 0.05) is 23.9 Å². The highest BCUT2D eigenvalue weighted by molar-refractivity contribution is 5.27. The summed E-state index contributed by atoms with van der Waals surface area (Å²) in [4.78, 5) is 4.71. The molecule has 1 N–H and O–H groups in total. The number of pyridine rings is 1. The molecule has 0 saturated heterocycles. The smallest absolute Gasteiger partial charge is 0.0469 e. The van der Waals surface area contributed by atoms with Crippen molar-refractivity contribution in [2.24, 2.45) is 11.8 Å². The lowest BCUT2D eigenvalue weighted by Crippen LogP contribution is -2.41. The SMILES string of the molecule is CC(C)NCC1CCC1C1CCCc2cccnc21. The van der Waals surface area contributed by atoms with Crippen molar-refractivity contribution in [2.75, 3.05) is 6.54 Å². The number of nitrogens with zero attached hydrogens (tertiary/aromatic N) is 1. The molecule has 2 heteroatoms. The fourth-order valence-corrected chi connectivity index (χ4v) is 3.83. The van der Waals surface area contributed by atoms with Crippen LogP contribution in [-0.2, 0) is 6.42 Å². The van der Waals surface area contributed by atoms with E-state index in [1.807, 2.05) is 6.20 Å². The number of aromatic nitrogens is 1. The molecule has 1 fully saturated rings. The molecule has 3 atom stereocenters. The van der Waals surface area contributed by atoms with Crippen molar-refractivity contribution in [1.29, 1.82) is 0 Å². The van der Waals surface area contributed by atoms with E-state index in [0.717, 1.165) is 17.8 Å². The predicted molar refractivity (Wildman–Crippen MR) is 79.3 cm³/mol. The zero-order valence-corrected chi connectivity index (χ0v) is 12.2. The molecule has 1 heterocycles. The van der Waals surface area contributed by atoms with Gasteiger partial charge in [0.15, 0.2) is 0 Å². The van der Waals surface area contributed by atoms with Crippen molar-refractivity contribution in [2.45, 2.75) is 57.9 Å². The quantitative estimate of drug-likeness (QED) is 0.893. The summed E-state index contributed by atoms with van der Waals surface area (Å²) in [7, 11) is 0. The van der Waals surface area contributed by atoms with Crippen molar-refractivity contribution >= 4 is 0 Å². The normalized spacial score (nSPS) is 29.9. The zero-order chi connectivity index (χ0) is 13.2. The van der Waals surface area contributed by atoms with Gasteiger partial charge in [-0.2, -0.15) is 0 Å². The first-order valence-corrected chi connectivity index (χ1v) is 7.93. The van der Waals surface area contributed by atoms with Crippen LogP contribution < -0.4 is 5.32 Å². The van der Waals surface area contributed by atoms with Gasteiger partial charge in [0.25, 0.3) is 0 Å². The van der Waals surface area contributed by atoms with Gasteiger partial charge in [0.05, 0.1) is 0 Å². The molecule has 0 spiro atoms. The van der Waals surface area contributed by atoms with Gasteiger partial charge in [-0.25, -0.2) is 0 Å². The van der Waals surface area contributed by atoms with E-state index < -0.39 is 0 Å². The third kappa shape index (κ3) is 2.69. The Bertz CT molecular complexity index is 427.